The second-order valence-corrected chi connectivity index (χ2v) is 5.61. The molecule has 7 nitrogen and oxygen atoms in total. The number of carbonyl (C=O) groups is 3. The maximum absolute atomic E-state index is 12.4. The first-order valence-corrected chi connectivity index (χ1v) is 7.47. The van der Waals surface area contributed by atoms with Gasteiger partial charge in [-0.2, -0.15) is 0 Å². The van der Waals surface area contributed by atoms with Crippen molar-refractivity contribution in [1.29, 1.82) is 0 Å². The van der Waals surface area contributed by atoms with E-state index in [4.69, 9.17) is 9.26 Å². The van der Waals surface area contributed by atoms with Crippen LogP contribution in [-0.4, -0.2) is 33.9 Å². The van der Waals surface area contributed by atoms with E-state index in [1.54, 1.807) is 38.1 Å². The molecule has 1 aromatic carbocycles. The number of aryl methyl sites for hydroxylation is 2. The number of carbonyl (C=O) groups excluding carboxylic acids is 3. The van der Waals surface area contributed by atoms with Crippen molar-refractivity contribution in [3.05, 3.63) is 52.4 Å². The maximum atomic E-state index is 12.4. The Hall–Kier alpha value is -2.96. The summed E-state index contributed by atoms with van der Waals surface area (Å²) in [6.07, 6.45) is 0. The van der Waals surface area contributed by atoms with E-state index in [1.165, 1.54) is 6.92 Å². The summed E-state index contributed by atoms with van der Waals surface area (Å²) in [5.74, 6) is -1.08. The molecular weight excluding hydrogens is 312 g/mol. The first kappa shape index (κ1) is 15.9. The van der Waals surface area contributed by atoms with Crippen molar-refractivity contribution in [1.82, 2.24) is 10.1 Å². The molecule has 0 N–H and O–H groups in total. The predicted octanol–water partition coefficient (Wildman–Crippen LogP) is 2.02. The second kappa shape index (κ2) is 5.92. The maximum Gasteiger partial charge on any atom is 0.329 e. The molecule has 1 aliphatic heterocycles. The highest BCUT2D eigenvalue weighted by Crippen LogP contribution is 2.25. The number of fused-ring (bicyclic) bond motifs is 1. The monoisotopic (exact) mass is 328 g/mol. The molecule has 3 rings (SSSR count). The van der Waals surface area contributed by atoms with Crippen molar-refractivity contribution < 1.29 is 23.6 Å². The van der Waals surface area contributed by atoms with Gasteiger partial charge in [0.2, 0.25) is 0 Å². The van der Waals surface area contributed by atoms with Gasteiger partial charge in [0.1, 0.15) is 18.4 Å². The smallest absolute Gasteiger partial charge is 0.329 e. The van der Waals surface area contributed by atoms with Gasteiger partial charge in [-0.3, -0.25) is 14.5 Å². The van der Waals surface area contributed by atoms with E-state index in [2.05, 4.69) is 5.16 Å². The molecule has 0 fully saturated rings. The van der Waals surface area contributed by atoms with Gasteiger partial charge < -0.3 is 9.26 Å². The van der Waals surface area contributed by atoms with Crippen molar-refractivity contribution in [2.75, 3.05) is 0 Å². The summed E-state index contributed by atoms with van der Waals surface area (Å²) in [7, 11) is 0. The van der Waals surface area contributed by atoms with Crippen molar-refractivity contribution in [2.24, 2.45) is 0 Å². The van der Waals surface area contributed by atoms with Crippen molar-refractivity contribution >= 4 is 17.8 Å². The van der Waals surface area contributed by atoms with Crippen LogP contribution in [0.2, 0.25) is 0 Å². The molecule has 2 aromatic rings. The number of rotatable bonds is 4. The minimum atomic E-state index is -1.02. The average Bonchev–Trinajstić information content (AvgIpc) is 3.03. The summed E-state index contributed by atoms with van der Waals surface area (Å²) in [5.41, 5.74) is 1.91. The number of imide groups is 1. The number of amides is 2. The summed E-state index contributed by atoms with van der Waals surface area (Å²) in [6, 6.07) is 5.47. The van der Waals surface area contributed by atoms with Gasteiger partial charge in [-0.25, -0.2) is 4.79 Å². The summed E-state index contributed by atoms with van der Waals surface area (Å²) < 4.78 is 10.2. The fourth-order valence-electron chi connectivity index (χ4n) is 2.64. The fraction of sp³-hybridized carbons (Fsp3) is 0.294. The third kappa shape index (κ3) is 2.47. The normalized spacial score (nSPS) is 14.7. The summed E-state index contributed by atoms with van der Waals surface area (Å²) in [6.45, 7) is 4.91. The zero-order chi connectivity index (χ0) is 17.4. The zero-order valence-corrected chi connectivity index (χ0v) is 13.5. The highest BCUT2D eigenvalue weighted by molar-refractivity contribution is 6.22. The number of esters is 1. The Morgan fingerprint density at radius 1 is 1.21 bits per heavy atom. The van der Waals surface area contributed by atoms with Crippen LogP contribution in [-0.2, 0) is 16.1 Å². The van der Waals surface area contributed by atoms with Gasteiger partial charge in [-0.05, 0) is 32.9 Å². The highest BCUT2D eigenvalue weighted by Gasteiger charge is 2.41. The molecule has 0 spiro atoms. The van der Waals surface area contributed by atoms with Crippen LogP contribution in [0.3, 0.4) is 0 Å². The minimum Gasteiger partial charge on any atom is -0.459 e. The number of aromatic nitrogens is 1. The van der Waals surface area contributed by atoms with Crippen LogP contribution >= 0.6 is 0 Å². The van der Waals surface area contributed by atoms with Gasteiger partial charge in [0.15, 0.2) is 0 Å². The van der Waals surface area contributed by atoms with Crippen LogP contribution in [0.15, 0.2) is 28.8 Å². The number of hydrogen-bond acceptors (Lipinski definition) is 6. The Balaban J connectivity index is 1.73. The minimum absolute atomic E-state index is 0.0203. The molecule has 124 valence electrons. The third-order valence-electron chi connectivity index (χ3n) is 4.09. The Morgan fingerprint density at radius 2 is 1.79 bits per heavy atom. The molecule has 1 atom stereocenters. The van der Waals surface area contributed by atoms with E-state index in [0.717, 1.165) is 4.90 Å². The molecule has 2 amide bonds. The third-order valence-corrected chi connectivity index (χ3v) is 4.09. The van der Waals surface area contributed by atoms with Gasteiger partial charge in [0.25, 0.3) is 11.8 Å². The topological polar surface area (TPSA) is 89.7 Å². The number of nitrogens with zero attached hydrogens (tertiary/aromatic N) is 2. The number of benzene rings is 1. The van der Waals surface area contributed by atoms with E-state index in [0.29, 0.717) is 28.1 Å². The van der Waals surface area contributed by atoms with Crippen LogP contribution in [0.4, 0.5) is 0 Å². The van der Waals surface area contributed by atoms with Gasteiger partial charge in [-0.1, -0.05) is 17.3 Å². The lowest BCUT2D eigenvalue weighted by Gasteiger charge is -2.20. The quantitative estimate of drug-likeness (QED) is 0.630. The first-order valence-electron chi connectivity index (χ1n) is 7.47. The first-order chi connectivity index (χ1) is 11.4. The van der Waals surface area contributed by atoms with Crippen LogP contribution in [0, 0.1) is 13.8 Å². The highest BCUT2D eigenvalue weighted by atomic mass is 16.5. The van der Waals surface area contributed by atoms with Crippen LogP contribution in [0.1, 0.15) is 44.7 Å². The molecule has 0 saturated carbocycles. The molecule has 2 heterocycles. The van der Waals surface area contributed by atoms with E-state index in [-0.39, 0.29) is 6.61 Å². The molecule has 0 aliphatic carbocycles. The molecule has 0 saturated heterocycles. The van der Waals surface area contributed by atoms with Gasteiger partial charge in [-0.15, -0.1) is 0 Å². The van der Waals surface area contributed by atoms with E-state index >= 15 is 0 Å². The number of hydrogen-bond donors (Lipinski definition) is 0. The molecular formula is C17H16N2O5. The lowest BCUT2D eigenvalue weighted by atomic mass is 10.1. The average molecular weight is 328 g/mol. The van der Waals surface area contributed by atoms with E-state index < -0.39 is 23.8 Å². The van der Waals surface area contributed by atoms with Crippen molar-refractivity contribution in [3.8, 4) is 0 Å². The Labute approximate surface area is 138 Å². The Bertz CT molecular complexity index is 785. The van der Waals surface area contributed by atoms with Crippen LogP contribution < -0.4 is 0 Å². The largest absolute Gasteiger partial charge is 0.459 e. The Kier molecular flexibility index (Phi) is 3.92. The van der Waals surface area contributed by atoms with E-state index in [9.17, 15) is 14.4 Å². The molecule has 1 aliphatic rings. The summed E-state index contributed by atoms with van der Waals surface area (Å²) in [5, 5.41) is 3.78. The molecule has 0 unspecified atom stereocenters. The predicted molar refractivity (Wildman–Crippen MR) is 82.2 cm³/mol. The molecule has 24 heavy (non-hydrogen) atoms. The summed E-state index contributed by atoms with van der Waals surface area (Å²) in [4.78, 5) is 37.9. The van der Waals surface area contributed by atoms with Gasteiger partial charge in [0.05, 0.1) is 22.4 Å². The summed E-state index contributed by atoms with van der Waals surface area (Å²) >= 11 is 0. The van der Waals surface area contributed by atoms with Crippen LogP contribution in [0.5, 0.6) is 0 Å². The molecule has 1 aromatic heterocycles. The van der Waals surface area contributed by atoms with Crippen molar-refractivity contribution in [3.63, 3.8) is 0 Å². The number of ether oxygens (including phenoxy) is 1. The molecule has 0 radical (unpaired) electrons. The lowest BCUT2D eigenvalue weighted by molar-refractivity contribution is -0.149. The SMILES string of the molecule is Cc1noc(C)c1COC(=O)[C@@H](C)N1C(=O)c2ccccc2C1=O. The van der Waals surface area contributed by atoms with Crippen molar-refractivity contribution in [2.45, 2.75) is 33.4 Å². The fourth-order valence-corrected chi connectivity index (χ4v) is 2.64. The van der Waals surface area contributed by atoms with Crippen LogP contribution in [0.25, 0.3) is 0 Å². The lowest BCUT2D eigenvalue weighted by Crippen LogP contribution is -2.43. The molecule has 7 heteroatoms. The zero-order valence-electron chi connectivity index (χ0n) is 13.5. The second-order valence-electron chi connectivity index (χ2n) is 5.61. The van der Waals surface area contributed by atoms with E-state index in [1.807, 2.05) is 0 Å². The molecule has 0 bridgehead atoms. The standard InChI is InChI=1S/C17H16N2O5/c1-9-14(11(3)24-18-9)8-23-17(22)10(2)19-15(20)12-6-4-5-7-13(12)16(19)21/h4-7,10H,8H2,1-3H3/t10-/m1/s1. The Morgan fingerprint density at radius 3 is 2.29 bits per heavy atom. The van der Waals surface area contributed by atoms with Gasteiger partial charge >= 0.3 is 5.97 Å². The van der Waals surface area contributed by atoms with Gasteiger partial charge in [0, 0.05) is 0 Å².